The second-order valence-corrected chi connectivity index (χ2v) is 6.82. The summed E-state index contributed by atoms with van der Waals surface area (Å²) in [6, 6.07) is 14.2. The number of nitrogens with zero attached hydrogens (tertiary/aromatic N) is 1. The normalized spacial score (nSPS) is 20.0. The van der Waals surface area contributed by atoms with E-state index in [2.05, 4.69) is 6.92 Å². The summed E-state index contributed by atoms with van der Waals surface area (Å²) in [5, 5.41) is 9.29. The number of aliphatic hydroxyl groups excluding tert-OH is 1. The van der Waals surface area contributed by atoms with E-state index in [1.54, 1.807) is 6.07 Å². The monoisotopic (exact) mass is 341 g/mol. The van der Waals surface area contributed by atoms with Crippen LogP contribution in [0.1, 0.15) is 47.7 Å². The molecule has 3 rings (SSSR count). The van der Waals surface area contributed by atoms with Gasteiger partial charge in [0.2, 0.25) is 0 Å². The summed E-state index contributed by atoms with van der Waals surface area (Å²) in [5.41, 5.74) is 2.48. The topological polar surface area (TPSA) is 40.5 Å². The highest BCUT2D eigenvalue weighted by Crippen LogP contribution is 2.29. The van der Waals surface area contributed by atoms with Crippen LogP contribution in [0.15, 0.2) is 48.5 Å². The maximum Gasteiger partial charge on any atom is 0.254 e. The van der Waals surface area contributed by atoms with Crippen LogP contribution < -0.4 is 0 Å². The van der Waals surface area contributed by atoms with Crippen LogP contribution in [0.3, 0.4) is 0 Å². The van der Waals surface area contributed by atoms with Crippen LogP contribution in [0.2, 0.25) is 0 Å². The molecule has 1 N–H and O–H groups in total. The van der Waals surface area contributed by atoms with E-state index in [-0.39, 0.29) is 30.4 Å². The Labute approximate surface area is 148 Å². The molecule has 0 aromatic heterocycles. The van der Waals surface area contributed by atoms with Crippen molar-refractivity contribution in [1.82, 2.24) is 4.90 Å². The van der Waals surface area contributed by atoms with Crippen molar-refractivity contribution in [2.75, 3.05) is 0 Å². The molecule has 0 bridgehead atoms. The van der Waals surface area contributed by atoms with Gasteiger partial charge in [0.15, 0.2) is 0 Å². The van der Waals surface area contributed by atoms with Gasteiger partial charge in [-0.25, -0.2) is 4.39 Å². The minimum atomic E-state index is -0.223. The Bertz CT molecular complexity index is 729. The lowest BCUT2D eigenvalue weighted by molar-refractivity contribution is 0.0672. The average Bonchev–Trinajstić information content (AvgIpc) is 3.01. The van der Waals surface area contributed by atoms with Crippen LogP contribution >= 0.6 is 0 Å². The number of amides is 1. The molecule has 3 nitrogen and oxygen atoms in total. The molecule has 2 atom stereocenters. The standard InChI is InChI=1S/C21H24FNO2/c1-15-5-11-20(12-8-16-6-9-19(22)10-7-16)23(15)21(25)18-4-2-3-17(13-18)14-24/h2-4,6-7,9-10,13,15,20,24H,5,8,11-12,14H2,1H3/t15-,20-/m1/s1. The second-order valence-electron chi connectivity index (χ2n) is 6.82. The molecule has 1 saturated heterocycles. The predicted molar refractivity (Wildman–Crippen MR) is 95.7 cm³/mol. The quantitative estimate of drug-likeness (QED) is 0.895. The highest BCUT2D eigenvalue weighted by molar-refractivity contribution is 5.95. The molecule has 132 valence electrons. The molecular formula is C21H24FNO2. The number of hydrogen-bond donors (Lipinski definition) is 1. The molecule has 1 fully saturated rings. The fourth-order valence-electron chi connectivity index (χ4n) is 3.66. The lowest BCUT2D eigenvalue weighted by Crippen LogP contribution is -2.40. The molecule has 2 aromatic rings. The minimum Gasteiger partial charge on any atom is -0.392 e. The zero-order valence-corrected chi connectivity index (χ0v) is 14.5. The van der Waals surface area contributed by atoms with Crippen LogP contribution in [-0.4, -0.2) is 28.0 Å². The van der Waals surface area contributed by atoms with Gasteiger partial charge in [-0.15, -0.1) is 0 Å². The van der Waals surface area contributed by atoms with E-state index in [9.17, 15) is 14.3 Å². The van der Waals surface area contributed by atoms with E-state index < -0.39 is 0 Å². The number of likely N-dealkylation sites (tertiary alicyclic amines) is 1. The Hall–Kier alpha value is -2.20. The molecule has 1 aliphatic rings. The van der Waals surface area contributed by atoms with Crippen molar-refractivity contribution in [2.45, 2.75) is 51.3 Å². The lowest BCUT2D eigenvalue weighted by Gasteiger charge is -2.29. The van der Waals surface area contributed by atoms with Crippen LogP contribution in [-0.2, 0) is 13.0 Å². The zero-order valence-electron chi connectivity index (χ0n) is 14.5. The SMILES string of the molecule is C[C@@H]1CC[C@H](CCc2ccc(F)cc2)N1C(=O)c1cccc(CO)c1. The van der Waals surface area contributed by atoms with Crippen LogP contribution in [0.25, 0.3) is 0 Å². The lowest BCUT2D eigenvalue weighted by atomic mass is 10.0. The molecule has 0 aliphatic carbocycles. The molecule has 1 amide bonds. The third-order valence-electron chi connectivity index (χ3n) is 5.06. The Morgan fingerprint density at radius 3 is 2.64 bits per heavy atom. The van der Waals surface area contributed by atoms with Crippen molar-refractivity contribution in [3.05, 3.63) is 71.0 Å². The first-order valence-corrected chi connectivity index (χ1v) is 8.85. The van der Waals surface area contributed by atoms with Crippen LogP contribution in [0, 0.1) is 5.82 Å². The van der Waals surface area contributed by atoms with E-state index >= 15 is 0 Å². The number of aryl methyl sites for hydroxylation is 1. The molecule has 2 aromatic carbocycles. The van der Waals surface area contributed by atoms with Gasteiger partial charge in [-0.1, -0.05) is 24.3 Å². The van der Waals surface area contributed by atoms with E-state index in [1.165, 1.54) is 12.1 Å². The van der Waals surface area contributed by atoms with Crippen molar-refractivity contribution in [3.63, 3.8) is 0 Å². The van der Waals surface area contributed by atoms with E-state index in [0.29, 0.717) is 5.56 Å². The van der Waals surface area contributed by atoms with Gasteiger partial charge in [0.05, 0.1) is 6.61 Å². The zero-order chi connectivity index (χ0) is 17.8. The van der Waals surface area contributed by atoms with Crippen molar-refractivity contribution >= 4 is 5.91 Å². The first-order chi connectivity index (χ1) is 12.1. The Balaban J connectivity index is 1.71. The summed E-state index contributed by atoms with van der Waals surface area (Å²) in [6.45, 7) is 2.02. The summed E-state index contributed by atoms with van der Waals surface area (Å²) in [7, 11) is 0. The maximum atomic E-state index is 13.0. The van der Waals surface area contributed by atoms with Gasteiger partial charge in [0, 0.05) is 17.6 Å². The Morgan fingerprint density at radius 1 is 1.16 bits per heavy atom. The molecule has 0 saturated carbocycles. The molecule has 0 unspecified atom stereocenters. The summed E-state index contributed by atoms with van der Waals surface area (Å²) in [6.07, 6.45) is 3.70. The highest BCUT2D eigenvalue weighted by Gasteiger charge is 2.34. The summed E-state index contributed by atoms with van der Waals surface area (Å²) < 4.78 is 13.0. The third-order valence-corrected chi connectivity index (χ3v) is 5.06. The van der Waals surface area contributed by atoms with Gasteiger partial charge < -0.3 is 10.0 Å². The molecule has 0 radical (unpaired) electrons. The average molecular weight is 341 g/mol. The maximum absolute atomic E-state index is 13.0. The molecule has 25 heavy (non-hydrogen) atoms. The first-order valence-electron chi connectivity index (χ1n) is 8.85. The van der Waals surface area contributed by atoms with Crippen molar-refractivity contribution in [2.24, 2.45) is 0 Å². The van der Waals surface area contributed by atoms with Crippen LogP contribution in [0.5, 0.6) is 0 Å². The van der Waals surface area contributed by atoms with Gasteiger partial charge in [-0.2, -0.15) is 0 Å². The number of rotatable bonds is 5. The number of hydrogen-bond acceptors (Lipinski definition) is 2. The summed E-state index contributed by atoms with van der Waals surface area (Å²) in [5.74, 6) is -0.191. The predicted octanol–water partition coefficient (Wildman–Crippen LogP) is 3.94. The number of halogens is 1. The Morgan fingerprint density at radius 2 is 1.92 bits per heavy atom. The fourth-order valence-corrected chi connectivity index (χ4v) is 3.66. The summed E-state index contributed by atoms with van der Waals surface area (Å²) >= 11 is 0. The van der Waals surface area contributed by atoms with E-state index in [0.717, 1.165) is 36.8 Å². The molecule has 1 heterocycles. The van der Waals surface area contributed by atoms with Crippen molar-refractivity contribution < 1.29 is 14.3 Å². The highest BCUT2D eigenvalue weighted by atomic mass is 19.1. The summed E-state index contributed by atoms with van der Waals surface area (Å²) in [4.78, 5) is 15.0. The molecule has 4 heteroatoms. The van der Waals surface area contributed by atoms with Gasteiger partial charge in [0.25, 0.3) is 5.91 Å². The number of carbonyl (C=O) groups is 1. The molecule has 1 aliphatic heterocycles. The van der Waals surface area contributed by atoms with Crippen molar-refractivity contribution in [3.8, 4) is 0 Å². The molecular weight excluding hydrogens is 317 g/mol. The second kappa shape index (κ2) is 7.79. The van der Waals surface area contributed by atoms with Gasteiger partial charge in [0.1, 0.15) is 5.82 Å². The first kappa shape index (κ1) is 17.6. The number of aliphatic hydroxyl groups is 1. The van der Waals surface area contributed by atoms with Gasteiger partial charge in [-0.05, 0) is 68.0 Å². The third kappa shape index (κ3) is 4.07. The number of carbonyl (C=O) groups excluding carboxylic acids is 1. The van der Waals surface area contributed by atoms with Crippen LogP contribution in [0.4, 0.5) is 4.39 Å². The van der Waals surface area contributed by atoms with Gasteiger partial charge in [-0.3, -0.25) is 4.79 Å². The minimum absolute atomic E-state index is 0.0319. The van der Waals surface area contributed by atoms with Crippen molar-refractivity contribution in [1.29, 1.82) is 0 Å². The van der Waals surface area contributed by atoms with E-state index in [4.69, 9.17) is 0 Å². The van der Waals surface area contributed by atoms with Gasteiger partial charge >= 0.3 is 0 Å². The smallest absolute Gasteiger partial charge is 0.254 e. The fraction of sp³-hybridized carbons (Fsp3) is 0.381. The largest absolute Gasteiger partial charge is 0.392 e. The molecule has 0 spiro atoms. The van der Waals surface area contributed by atoms with E-state index in [1.807, 2.05) is 35.2 Å². The Kier molecular flexibility index (Phi) is 5.49. The number of benzene rings is 2.